The number of nitrogens with one attached hydrogen (secondary N) is 1. The predicted molar refractivity (Wildman–Crippen MR) is 83.8 cm³/mol. The highest BCUT2D eigenvalue weighted by Gasteiger charge is 2.39. The van der Waals surface area contributed by atoms with E-state index in [1.54, 1.807) is 0 Å². The zero-order chi connectivity index (χ0) is 14.0. The fraction of sp³-hybridized carbons (Fsp3) is 0.812. The van der Waals surface area contributed by atoms with E-state index in [1.165, 1.54) is 47.7 Å². The lowest BCUT2D eigenvalue weighted by molar-refractivity contribution is 0.165. The van der Waals surface area contributed by atoms with Crippen molar-refractivity contribution >= 4 is 11.3 Å². The van der Waals surface area contributed by atoms with Gasteiger partial charge in [-0.2, -0.15) is 0 Å². The van der Waals surface area contributed by atoms with Gasteiger partial charge in [0, 0.05) is 10.9 Å². The third-order valence-electron chi connectivity index (χ3n) is 4.48. The largest absolute Gasteiger partial charge is 0.303 e. The van der Waals surface area contributed by atoms with E-state index in [0.717, 1.165) is 5.92 Å². The number of aryl methyl sites for hydroxylation is 2. The van der Waals surface area contributed by atoms with Crippen molar-refractivity contribution in [2.45, 2.75) is 78.3 Å². The van der Waals surface area contributed by atoms with Gasteiger partial charge in [-0.05, 0) is 53.4 Å². The van der Waals surface area contributed by atoms with E-state index in [4.69, 9.17) is 4.98 Å². The predicted octanol–water partition coefficient (Wildman–Crippen LogP) is 4.55. The molecule has 1 unspecified atom stereocenters. The first kappa shape index (κ1) is 15.0. The molecule has 1 aliphatic carbocycles. The fourth-order valence-electron chi connectivity index (χ4n) is 3.33. The molecule has 0 aromatic carbocycles. The Kier molecular flexibility index (Phi) is 4.67. The summed E-state index contributed by atoms with van der Waals surface area (Å²) in [5.74, 6) is 0.730. The number of aromatic nitrogens is 1. The molecule has 0 radical (unpaired) electrons. The molecule has 1 N–H and O–H groups in total. The van der Waals surface area contributed by atoms with E-state index in [9.17, 15) is 0 Å². The average Bonchev–Trinajstić information content (AvgIpc) is 2.70. The van der Waals surface area contributed by atoms with Gasteiger partial charge >= 0.3 is 0 Å². The molecule has 2 nitrogen and oxygen atoms in total. The molecule has 1 saturated carbocycles. The Morgan fingerprint density at radius 1 is 1.21 bits per heavy atom. The maximum atomic E-state index is 4.87. The van der Waals surface area contributed by atoms with Gasteiger partial charge in [0.05, 0.1) is 11.2 Å². The first-order chi connectivity index (χ1) is 8.93. The lowest BCUT2D eigenvalue weighted by Gasteiger charge is -2.40. The molecule has 108 valence electrons. The van der Waals surface area contributed by atoms with Crippen molar-refractivity contribution in [2.75, 3.05) is 0 Å². The van der Waals surface area contributed by atoms with Crippen LogP contribution >= 0.6 is 11.3 Å². The monoisotopic (exact) mass is 280 g/mol. The van der Waals surface area contributed by atoms with Crippen molar-refractivity contribution in [3.63, 3.8) is 0 Å². The zero-order valence-electron chi connectivity index (χ0n) is 13.0. The Balaban J connectivity index is 2.32. The van der Waals surface area contributed by atoms with Crippen LogP contribution in [0.25, 0.3) is 0 Å². The summed E-state index contributed by atoms with van der Waals surface area (Å²) in [6.45, 7) is 11.2. The minimum Gasteiger partial charge on any atom is -0.303 e. The summed E-state index contributed by atoms with van der Waals surface area (Å²) in [6.07, 6.45) is 6.85. The number of hydrogen-bond acceptors (Lipinski definition) is 3. The van der Waals surface area contributed by atoms with E-state index in [1.807, 2.05) is 11.3 Å². The van der Waals surface area contributed by atoms with Gasteiger partial charge in [-0.3, -0.25) is 0 Å². The second-order valence-corrected chi connectivity index (χ2v) is 7.70. The molecule has 19 heavy (non-hydrogen) atoms. The SMILES string of the molecule is Cc1nc(C(C)(NC(C)C)C2CCCCC2)sc1C. The Hall–Kier alpha value is -0.410. The molecule has 0 spiro atoms. The number of thiazole rings is 1. The maximum Gasteiger partial charge on any atom is 0.113 e. The van der Waals surface area contributed by atoms with Gasteiger partial charge in [-0.15, -0.1) is 11.3 Å². The molecular formula is C16H28N2S. The van der Waals surface area contributed by atoms with Crippen LogP contribution in [0.1, 0.15) is 68.5 Å². The lowest BCUT2D eigenvalue weighted by Crippen LogP contribution is -2.49. The molecular weight excluding hydrogens is 252 g/mol. The third kappa shape index (κ3) is 3.19. The maximum absolute atomic E-state index is 4.87. The van der Waals surface area contributed by atoms with Crippen LogP contribution in [0.5, 0.6) is 0 Å². The first-order valence-electron chi connectivity index (χ1n) is 7.65. The van der Waals surface area contributed by atoms with Gasteiger partial charge < -0.3 is 5.32 Å². The molecule has 1 aliphatic rings. The first-order valence-corrected chi connectivity index (χ1v) is 8.47. The van der Waals surface area contributed by atoms with Crippen LogP contribution in [0.3, 0.4) is 0 Å². The molecule has 1 heterocycles. The second kappa shape index (κ2) is 5.92. The van der Waals surface area contributed by atoms with Crippen LogP contribution in [-0.2, 0) is 5.54 Å². The van der Waals surface area contributed by atoms with E-state index in [-0.39, 0.29) is 5.54 Å². The summed E-state index contributed by atoms with van der Waals surface area (Å²) < 4.78 is 0. The molecule has 0 bridgehead atoms. The van der Waals surface area contributed by atoms with Crippen molar-refractivity contribution in [3.05, 3.63) is 15.6 Å². The van der Waals surface area contributed by atoms with Gasteiger partial charge in [0.15, 0.2) is 0 Å². The van der Waals surface area contributed by atoms with E-state index in [2.05, 4.69) is 39.9 Å². The summed E-state index contributed by atoms with van der Waals surface area (Å²) in [5, 5.41) is 5.13. The molecule has 1 aromatic rings. The highest BCUT2D eigenvalue weighted by molar-refractivity contribution is 7.11. The van der Waals surface area contributed by atoms with Crippen molar-refractivity contribution in [3.8, 4) is 0 Å². The molecule has 3 heteroatoms. The van der Waals surface area contributed by atoms with Gasteiger partial charge in [0.25, 0.3) is 0 Å². The van der Waals surface area contributed by atoms with E-state index >= 15 is 0 Å². The van der Waals surface area contributed by atoms with Crippen LogP contribution in [0.4, 0.5) is 0 Å². The third-order valence-corrected chi connectivity index (χ3v) is 5.79. The van der Waals surface area contributed by atoms with E-state index in [0.29, 0.717) is 6.04 Å². The molecule has 1 aromatic heterocycles. The van der Waals surface area contributed by atoms with Crippen LogP contribution in [-0.4, -0.2) is 11.0 Å². The van der Waals surface area contributed by atoms with Gasteiger partial charge in [0.1, 0.15) is 5.01 Å². The topological polar surface area (TPSA) is 24.9 Å². The molecule has 0 amide bonds. The molecule has 0 aliphatic heterocycles. The van der Waals surface area contributed by atoms with Crippen molar-refractivity contribution in [2.24, 2.45) is 5.92 Å². The summed E-state index contributed by atoms with van der Waals surface area (Å²) in [6, 6.07) is 0.497. The molecule has 1 fully saturated rings. The molecule has 2 rings (SSSR count). The Morgan fingerprint density at radius 2 is 1.84 bits per heavy atom. The molecule has 0 saturated heterocycles. The Morgan fingerprint density at radius 3 is 2.32 bits per heavy atom. The average molecular weight is 280 g/mol. The highest BCUT2D eigenvalue weighted by atomic mass is 32.1. The standard InChI is InChI=1S/C16H28N2S/c1-11(2)18-16(5,14-9-7-6-8-10-14)15-17-12(3)13(4)19-15/h11,14,18H,6-10H2,1-5H3. The van der Waals surface area contributed by atoms with E-state index < -0.39 is 0 Å². The van der Waals surface area contributed by atoms with Crippen LogP contribution in [0.2, 0.25) is 0 Å². The van der Waals surface area contributed by atoms with Gasteiger partial charge in [-0.25, -0.2) is 4.98 Å². The quantitative estimate of drug-likeness (QED) is 0.875. The second-order valence-electron chi connectivity index (χ2n) is 6.50. The zero-order valence-corrected chi connectivity index (χ0v) is 13.9. The van der Waals surface area contributed by atoms with Gasteiger partial charge in [-0.1, -0.05) is 19.3 Å². The number of hydrogen-bond donors (Lipinski definition) is 1. The normalized spacial score (nSPS) is 20.7. The summed E-state index contributed by atoms with van der Waals surface area (Å²) >= 11 is 1.88. The molecule has 1 atom stereocenters. The number of rotatable bonds is 4. The van der Waals surface area contributed by atoms with Crippen LogP contribution in [0.15, 0.2) is 0 Å². The summed E-state index contributed by atoms with van der Waals surface area (Å²) in [7, 11) is 0. The lowest BCUT2D eigenvalue weighted by atomic mass is 9.75. The van der Waals surface area contributed by atoms with Gasteiger partial charge in [0.2, 0.25) is 0 Å². The smallest absolute Gasteiger partial charge is 0.113 e. The van der Waals surface area contributed by atoms with Crippen molar-refractivity contribution in [1.82, 2.24) is 10.3 Å². The summed E-state index contributed by atoms with van der Waals surface area (Å²) in [4.78, 5) is 6.23. The Labute approximate surface area is 122 Å². The Bertz CT molecular complexity index is 399. The summed E-state index contributed by atoms with van der Waals surface area (Å²) in [5.41, 5.74) is 1.26. The van der Waals surface area contributed by atoms with Crippen LogP contribution < -0.4 is 5.32 Å². The van der Waals surface area contributed by atoms with Crippen molar-refractivity contribution < 1.29 is 0 Å². The minimum atomic E-state index is 0.0538. The minimum absolute atomic E-state index is 0.0538. The highest BCUT2D eigenvalue weighted by Crippen LogP contribution is 2.41. The fourth-order valence-corrected chi connectivity index (χ4v) is 4.43. The van der Waals surface area contributed by atoms with Crippen LogP contribution in [0, 0.1) is 19.8 Å². The number of nitrogens with zero attached hydrogens (tertiary/aromatic N) is 1. The van der Waals surface area contributed by atoms with Crippen molar-refractivity contribution in [1.29, 1.82) is 0 Å².